The molecule has 0 aromatic heterocycles. The van der Waals surface area contributed by atoms with E-state index in [1.165, 1.54) is 7.11 Å². The maximum absolute atomic E-state index is 13.1. The molecule has 0 bridgehead atoms. The Morgan fingerprint density at radius 2 is 2.00 bits per heavy atom. The molecule has 0 aromatic rings. The fourth-order valence-electron chi connectivity index (χ4n) is 7.31. The molecule has 176 valence electrons. The van der Waals surface area contributed by atoms with E-state index in [0.29, 0.717) is 19.3 Å². The number of rotatable bonds is 6. The smallest absolute Gasteiger partial charge is 0.308 e. The summed E-state index contributed by atoms with van der Waals surface area (Å²) in [4.78, 5) is 36.8. The molecule has 4 rings (SSSR count). The summed E-state index contributed by atoms with van der Waals surface area (Å²) in [7, 11) is 1.48. The lowest BCUT2D eigenvalue weighted by molar-refractivity contribution is -0.181. The third kappa shape index (κ3) is 3.40. The van der Waals surface area contributed by atoms with Gasteiger partial charge in [0.05, 0.1) is 19.1 Å². The normalized spacial score (nSPS) is 42.5. The lowest BCUT2D eigenvalue weighted by Crippen LogP contribution is -2.61. The number of allylic oxidation sites excluding steroid dienone is 4. The van der Waals surface area contributed by atoms with Gasteiger partial charge in [0.15, 0.2) is 12.4 Å². The Balaban J connectivity index is 1.56. The Hall–Kier alpha value is -1.83. The standard InChI is InChI=1S/C25H34O7/c1-23-9-6-16(26)12-15(23)4-5-17-18-7-10-25(30,24(18,2)13-19(27)22(17)23)20(28)14-32-21(29)8-11-31-3/h6,9,12,17-19,22,27,30H,4-5,7-8,10-11,13-14H2,1-3H3/t17-,18-,19?,22+,23-,24-,25-/m0/s1. The molecule has 32 heavy (non-hydrogen) atoms. The van der Waals surface area contributed by atoms with Crippen LogP contribution in [-0.4, -0.2) is 59.8 Å². The molecule has 0 aliphatic heterocycles. The first-order chi connectivity index (χ1) is 15.1. The molecule has 2 N–H and O–H groups in total. The number of Topliss-reactive ketones (excluding diaryl/α,β-unsaturated/α-hetero) is 1. The Bertz CT molecular complexity index is 876. The summed E-state index contributed by atoms with van der Waals surface area (Å²) in [5.74, 6) is -0.899. The molecule has 7 heteroatoms. The molecule has 7 atom stereocenters. The van der Waals surface area contributed by atoms with Crippen molar-refractivity contribution in [3.05, 3.63) is 23.8 Å². The summed E-state index contributed by atoms with van der Waals surface area (Å²) in [5, 5.41) is 22.9. The lowest BCUT2D eigenvalue weighted by atomic mass is 9.46. The molecule has 3 fully saturated rings. The maximum atomic E-state index is 13.1. The van der Waals surface area contributed by atoms with Crippen LogP contribution < -0.4 is 0 Å². The molecular formula is C25H34O7. The van der Waals surface area contributed by atoms with Gasteiger partial charge in [-0.3, -0.25) is 14.4 Å². The predicted molar refractivity (Wildman–Crippen MR) is 115 cm³/mol. The van der Waals surface area contributed by atoms with E-state index in [2.05, 4.69) is 6.92 Å². The second kappa shape index (κ2) is 8.19. The molecule has 4 aliphatic carbocycles. The van der Waals surface area contributed by atoms with E-state index in [0.717, 1.165) is 18.4 Å². The minimum Gasteiger partial charge on any atom is -0.457 e. The Labute approximate surface area is 188 Å². The van der Waals surface area contributed by atoms with Crippen LogP contribution in [0.15, 0.2) is 23.8 Å². The number of carbonyl (C=O) groups is 3. The van der Waals surface area contributed by atoms with Crippen LogP contribution in [0.1, 0.15) is 52.4 Å². The van der Waals surface area contributed by atoms with Gasteiger partial charge in [0.2, 0.25) is 5.78 Å². The monoisotopic (exact) mass is 446 g/mol. The van der Waals surface area contributed by atoms with Crippen LogP contribution in [0.2, 0.25) is 0 Å². The van der Waals surface area contributed by atoms with Crippen LogP contribution in [0.3, 0.4) is 0 Å². The maximum Gasteiger partial charge on any atom is 0.308 e. The van der Waals surface area contributed by atoms with Crippen molar-refractivity contribution >= 4 is 17.5 Å². The molecule has 0 radical (unpaired) electrons. The van der Waals surface area contributed by atoms with Crippen molar-refractivity contribution in [2.45, 2.75) is 64.1 Å². The summed E-state index contributed by atoms with van der Waals surface area (Å²) in [6.07, 6.45) is 7.46. The number of fused-ring (bicyclic) bond motifs is 5. The number of ketones is 2. The van der Waals surface area contributed by atoms with Gasteiger partial charge in [-0.1, -0.05) is 25.5 Å². The Morgan fingerprint density at radius 1 is 1.25 bits per heavy atom. The minimum absolute atomic E-state index is 0.00746. The highest BCUT2D eigenvalue weighted by molar-refractivity contribution is 6.01. The fraction of sp³-hybridized carbons (Fsp3) is 0.720. The highest BCUT2D eigenvalue weighted by atomic mass is 16.5. The second-order valence-corrected chi connectivity index (χ2v) is 10.4. The highest BCUT2D eigenvalue weighted by Gasteiger charge is 2.68. The molecule has 0 amide bonds. The molecule has 1 unspecified atom stereocenters. The minimum atomic E-state index is -1.64. The molecule has 7 nitrogen and oxygen atoms in total. The van der Waals surface area contributed by atoms with E-state index >= 15 is 0 Å². The summed E-state index contributed by atoms with van der Waals surface area (Å²) >= 11 is 0. The number of hydrogen-bond acceptors (Lipinski definition) is 7. The van der Waals surface area contributed by atoms with Gasteiger partial charge in [-0.2, -0.15) is 0 Å². The third-order valence-electron chi connectivity index (χ3n) is 8.98. The largest absolute Gasteiger partial charge is 0.457 e. The van der Waals surface area contributed by atoms with Crippen molar-refractivity contribution in [1.29, 1.82) is 0 Å². The summed E-state index contributed by atoms with van der Waals surface area (Å²) in [6, 6.07) is 0. The first kappa shape index (κ1) is 23.3. The van der Waals surface area contributed by atoms with Gasteiger partial charge < -0.3 is 19.7 Å². The van der Waals surface area contributed by atoms with Crippen molar-refractivity contribution < 1.29 is 34.1 Å². The van der Waals surface area contributed by atoms with Gasteiger partial charge in [-0.05, 0) is 56.1 Å². The Morgan fingerprint density at radius 3 is 2.72 bits per heavy atom. The van der Waals surface area contributed by atoms with Gasteiger partial charge >= 0.3 is 5.97 Å². The van der Waals surface area contributed by atoms with E-state index in [-0.39, 0.29) is 42.0 Å². The number of hydrogen-bond donors (Lipinski definition) is 2. The van der Waals surface area contributed by atoms with Gasteiger partial charge in [0, 0.05) is 23.9 Å². The molecule has 0 aromatic carbocycles. The van der Waals surface area contributed by atoms with Crippen molar-refractivity contribution in [1.82, 2.24) is 0 Å². The molecular weight excluding hydrogens is 412 g/mol. The van der Waals surface area contributed by atoms with Crippen LogP contribution in [0.25, 0.3) is 0 Å². The fourth-order valence-corrected chi connectivity index (χ4v) is 7.31. The topological polar surface area (TPSA) is 110 Å². The van der Waals surface area contributed by atoms with Crippen LogP contribution in [0.4, 0.5) is 0 Å². The van der Waals surface area contributed by atoms with Gasteiger partial charge in [0.1, 0.15) is 5.60 Å². The Kier molecular flexibility index (Phi) is 5.97. The first-order valence-electron chi connectivity index (χ1n) is 11.6. The zero-order chi connectivity index (χ0) is 23.3. The van der Waals surface area contributed by atoms with Crippen LogP contribution in [0.5, 0.6) is 0 Å². The molecule has 0 saturated heterocycles. The van der Waals surface area contributed by atoms with E-state index in [4.69, 9.17) is 9.47 Å². The van der Waals surface area contributed by atoms with Gasteiger partial charge in [0.25, 0.3) is 0 Å². The molecule has 4 aliphatic rings. The van der Waals surface area contributed by atoms with E-state index in [1.807, 2.05) is 13.0 Å². The van der Waals surface area contributed by atoms with Crippen molar-refractivity contribution in [2.24, 2.45) is 28.6 Å². The number of aliphatic hydroxyl groups excluding tert-OH is 1. The van der Waals surface area contributed by atoms with Gasteiger partial charge in [-0.25, -0.2) is 0 Å². The lowest BCUT2D eigenvalue weighted by Gasteiger charge is -2.59. The van der Waals surface area contributed by atoms with Crippen LogP contribution >= 0.6 is 0 Å². The van der Waals surface area contributed by atoms with E-state index < -0.39 is 35.5 Å². The van der Waals surface area contributed by atoms with Crippen LogP contribution in [-0.2, 0) is 23.9 Å². The van der Waals surface area contributed by atoms with E-state index in [1.54, 1.807) is 12.2 Å². The van der Waals surface area contributed by atoms with Crippen LogP contribution in [0, 0.1) is 28.6 Å². The SMILES string of the molecule is COCCC(=O)OCC(=O)[C@@]1(O)CC[C@H]2[C@@H]3CCC4=CC(=O)C=C[C@]4(C)[C@H]3C(O)C[C@@]21C. The van der Waals surface area contributed by atoms with Crippen molar-refractivity contribution in [3.63, 3.8) is 0 Å². The number of methoxy groups -OCH3 is 1. The highest BCUT2D eigenvalue weighted by Crippen LogP contribution is 2.67. The number of esters is 1. The number of carbonyl (C=O) groups excluding carboxylic acids is 3. The second-order valence-electron chi connectivity index (χ2n) is 10.4. The van der Waals surface area contributed by atoms with Crippen molar-refractivity contribution in [2.75, 3.05) is 20.3 Å². The van der Waals surface area contributed by atoms with Gasteiger partial charge in [-0.15, -0.1) is 0 Å². The van der Waals surface area contributed by atoms with E-state index in [9.17, 15) is 24.6 Å². The summed E-state index contributed by atoms with van der Waals surface area (Å²) in [5.41, 5.74) is -1.75. The quantitative estimate of drug-likeness (QED) is 0.602. The average Bonchev–Trinajstić information content (AvgIpc) is 3.02. The number of aliphatic hydroxyl groups is 2. The first-order valence-corrected chi connectivity index (χ1v) is 11.6. The molecule has 3 saturated carbocycles. The average molecular weight is 447 g/mol. The predicted octanol–water partition coefficient (Wildman–Crippen LogP) is 2.14. The number of ether oxygens (including phenoxy) is 2. The summed E-state index contributed by atoms with van der Waals surface area (Å²) in [6.45, 7) is 3.74. The zero-order valence-corrected chi connectivity index (χ0v) is 19.1. The summed E-state index contributed by atoms with van der Waals surface area (Å²) < 4.78 is 9.95. The molecule has 0 heterocycles. The van der Waals surface area contributed by atoms with Crippen molar-refractivity contribution in [3.8, 4) is 0 Å². The molecule has 0 spiro atoms. The third-order valence-corrected chi connectivity index (χ3v) is 8.98. The zero-order valence-electron chi connectivity index (χ0n) is 19.1.